The van der Waals surface area contributed by atoms with Crippen LogP contribution in [0.25, 0.3) is 0 Å². The molecule has 0 aromatic carbocycles. The van der Waals surface area contributed by atoms with Gasteiger partial charge in [0, 0.05) is 42.1 Å². The van der Waals surface area contributed by atoms with Crippen LogP contribution in [0.4, 0.5) is 0 Å². The molecule has 0 saturated carbocycles. The molecular formula is C8H9NW2-2. The van der Waals surface area contributed by atoms with Crippen molar-refractivity contribution < 1.29 is 42.1 Å². The van der Waals surface area contributed by atoms with Crippen LogP contribution >= 0.6 is 0 Å². The van der Waals surface area contributed by atoms with Crippen LogP contribution in [0.5, 0.6) is 0 Å². The average Bonchev–Trinajstić information content (AvgIpc) is 1.90. The van der Waals surface area contributed by atoms with E-state index >= 15 is 0 Å². The molecule has 0 radical (unpaired) electrons. The number of rotatable bonds is 1. The molecule has 0 aliphatic heterocycles. The van der Waals surface area contributed by atoms with Gasteiger partial charge in [-0.25, -0.2) is 0 Å². The zero-order valence-electron chi connectivity index (χ0n) is 6.50. The van der Waals surface area contributed by atoms with Gasteiger partial charge in [-0.3, -0.25) is 0 Å². The maximum absolute atomic E-state index is 3.75. The van der Waals surface area contributed by atoms with Gasteiger partial charge < -0.3 is 22.7 Å². The third-order valence-corrected chi connectivity index (χ3v) is 1.21. The first-order chi connectivity index (χ1) is 4.30. The van der Waals surface area contributed by atoms with E-state index in [9.17, 15) is 0 Å². The fourth-order valence-corrected chi connectivity index (χ4v) is 0.626. The van der Waals surface area contributed by atoms with E-state index in [1.807, 2.05) is 6.07 Å². The van der Waals surface area contributed by atoms with Crippen LogP contribution in [0.3, 0.4) is 0 Å². The van der Waals surface area contributed by atoms with Crippen LogP contribution in [0.1, 0.15) is 25.3 Å². The van der Waals surface area contributed by atoms with Crippen molar-refractivity contribution in [3.05, 3.63) is 30.1 Å². The fourth-order valence-electron chi connectivity index (χ4n) is 0.626. The Morgan fingerprint density at radius 1 is 1.36 bits per heavy atom. The van der Waals surface area contributed by atoms with Gasteiger partial charge in [-0.1, -0.05) is 19.8 Å². The Balaban J connectivity index is 0. The third kappa shape index (κ3) is 4.88. The summed E-state index contributed by atoms with van der Waals surface area (Å²) in [5.41, 5.74) is 1.17. The molecule has 0 spiro atoms. The quantitative estimate of drug-likeness (QED) is 0.552. The maximum atomic E-state index is 3.75. The van der Waals surface area contributed by atoms with Crippen molar-refractivity contribution in [2.75, 3.05) is 0 Å². The summed E-state index contributed by atoms with van der Waals surface area (Å²) < 4.78 is 0. The van der Waals surface area contributed by atoms with Crippen molar-refractivity contribution in [3.63, 3.8) is 0 Å². The van der Waals surface area contributed by atoms with E-state index in [1.54, 1.807) is 6.20 Å². The van der Waals surface area contributed by atoms with Crippen LogP contribution < -0.4 is 0 Å². The molecule has 0 aliphatic carbocycles. The smallest absolute Gasteiger partial charge is 0 e. The summed E-state index contributed by atoms with van der Waals surface area (Å²) in [4.78, 5) is 3.75. The first-order valence-electron chi connectivity index (χ1n) is 3.04. The van der Waals surface area contributed by atoms with Gasteiger partial charge in [-0.2, -0.15) is 12.4 Å². The average molecular weight is 487 g/mol. The molecule has 0 aliphatic rings. The van der Waals surface area contributed by atoms with Gasteiger partial charge in [0.2, 0.25) is 0 Å². The molecule has 0 amide bonds. The molecule has 1 heterocycles. The Labute approximate surface area is 96.5 Å². The van der Waals surface area contributed by atoms with Crippen LogP contribution in [-0.4, -0.2) is 4.98 Å². The summed E-state index contributed by atoms with van der Waals surface area (Å²) >= 11 is 0. The first-order valence-corrected chi connectivity index (χ1v) is 3.04. The second-order valence-corrected chi connectivity index (χ2v) is 2.29. The molecule has 0 saturated heterocycles. The molecule has 0 atom stereocenters. The molecule has 0 N–H and O–H groups in total. The van der Waals surface area contributed by atoms with Crippen molar-refractivity contribution >= 4 is 0 Å². The van der Waals surface area contributed by atoms with Crippen molar-refractivity contribution in [1.82, 2.24) is 4.98 Å². The third-order valence-electron chi connectivity index (χ3n) is 1.21. The monoisotopic (exact) mass is 487 g/mol. The van der Waals surface area contributed by atoms with E-state index in [-0.39, 0.29) is 42.1 Å². The van der Waals surface area contributed by atoms with E-state index in [0.29, 0.717) is 5.92 Å². The number of pyridine rings is 1. The molecule has 0 unspecified atom stereocenters. The van der Waals surface area contributed by atoms with Crippen LogP contribution in [0, 0.1) is 12.3 Å². The van der Waals surface area contributed by atoms with Crippen LogP contribution in [-0.2, 0) is 42.1 Å². The standard InChI is InChI=1S/C8H9N.2W/c1-7(2)8-3-5-9-6-4-8;;/h3,6-7H,1-2H3;;/q-2;;. The molecule has 0 fully saturated rings. The predicted octanol–water partition coefficient (Wildman–Crippen LogP) is 1.80. The van der Waals surface area contributed by atoms with Gasteiger partial charge in [-0.05, 0) is 0 Å². The van der Waals surface area contributed by atoms with Gasteiger partial charge >= 0.3 is 0 Å². The Hall–Kier alpha value is 0.527. The van der Waals surface area contributed by atoms with E-state index < -0.39 is 0 Å². The Kier molecular flexibility index (Phi) is 9.20. The van der Waals surface area contributed by atoms with E-state index in [0.717, 1.165) is 0 Å². The molecule has 1 rings (SSSR count). The van der Waals surface area contributed by atoms with Crippen LogP contribution in [0.15, 0.2) is 12.3 Å². The Morgan fingerprint density at radius 3 is 2.27 bits per heavy atom. The molecule has 60 valence electrons. The summed E-state index contributed by atoms with van der Waals surface area (Å²) in [6, 6.07) is 4.89. The second kappa shape index (κ2) is 7.19. The molecule has 0 bridgehead atoms. The van der Waals surface area contributed by atoms with E-state index in [1.165, 1.54) is 5.56 Å². The molecule has 1 nitrogen and oxygen atoms in total. The zero-order valence-corrected chi connectivity index (χ0v) is 12.4. The minimum Gasteiger partial charge on any atom is -0.434 e. The van der Waals surface area contributed by atoms with Gasteiger partial charge in [0.05, 0.1) is 0 Å². The van der Waals surface area contributed by atoms with Crippen molar-refractivity contribution in [2.24, 2.45) is 0 Å². The van der Waals surface area contributed by atoms with Crippen molar-refractivity contribution in [3.8, 4) is 0 Å². The fraction of sp³-hybridized carbons (Fsp3) is 0.375. The van der Waals surface area contributed by atoms with E-state index in [4.69, 9.17) is 0 Å². The molecule has 3 heteroatoms. The van der Waals surface area contributed by atoms with Crippen molar-refractivity contribution in [2.45, 2.75) is 19.8 Å². The summed E-state index contributed by atoms with van der Waals surface area (Å²) in [5.74, 6) is 0.532. The summed E-state index contributed by atoms with van der Waals surface area (Å²) in [6.07, 6.45) is 4.41. The van der Waals surface area contributed by atoms with Crippen LogP contribution in [0.2, 0.25) is 0 Å². The number of aromatic nitrogens is 1. The summed E-state index contributed by atoms with van der Waals surface area (Å²) in [7, 11) is 0. The topological polar surface area (TPSA) is 12.9 Å². The molecule has 1 aromatic heterocycles. The minimum absolute atomic E-state index is 0. The molecule has 1 aromatic rings. The van der Waals surface area contributed by atoms with Gasteiger partial charge in [0.15, 0.2) is 0 Å². The Bertz CT molecular complexity index is 175. The van der Waals surface area contributed by atoms with Crippen molar-refractivity contribution in [1.29, 1.82) is 0 Å². The first kappa shape index (κ1) is 14.1. The van der Waals surface area contributed by atoms with Gasteiger partial charge in [-0.15, -0.1) is 0 Å². The summed E-state index contributed by atoms with van der Waals surface area (Å²) in [6.45, 7) is 4.25. The molecule has 11 heavy (non-hydrogen) atoms. The largest absolute Gasteiger partial charge is 0.434 e. The SMILES string of the molecule is CC(C)c1[c-]cn[c-]c1.[W].[W]. The van der Waals surface area contributed by atoms with E-state index in [2.05, 4.69) is 31.1 Å². The predicted molar refractivity (Wildman–Crippen MR) is 36.0 cm³/mol. The molecular weight excluding hydrogens is 478 g/mol. The number of nitrogens with zero attached hydrogens (tertiary/aromatic N) is 1. The number of hydrogen-bond donors (Lipinski definition) is 0. The summed E-state index contributed by atoms with van der Waals surface area (Å²) in [5, 5.41) is 0. The van der Waals surface area contributed by atoms with Gasteiger partial charge in [0.1, 0.15) is 0 Å². The maximum Gasteiger partial charge on any atom is 0 e. The minimum atomic E-state index is 0. The zero-order chi connectivity index (χ0) is 6.69. The van der Waals surface area contributed by atoms with Gasteiger partial charge in [0.25, 0.3) is 0 Å². The normalized spacial score (nSPS) is 8.27. The Morgan fingerprint density at radius 2 is 2.00 bits per heavy atom. The second-order valence-electron chi connectivity index (χ2n) is 2.29. The number of hydrogen-bond acceptors (Lipinski definition) is 1.